The van der Waals surface area contributed by atoms with Crippen LogP contribution in [-0.2, 0) is 11.3 Å². The molecule has 0 aliphatic rings. The van der Waals surface area contributed by atoms with Gasteiger partial charge in [-0.3, -0.25) is 9.59 Å². The minimum absolute atomic E-state index is 0.207. The van der Waals surface area contributed by atoms with Gasteiger partial charge in [-0.1, -0.05) is 86.1 Å². The zero-order chi connectivity index (χ0) is 22.2. The Bertz CT molecular complexity index is 1050. The molecule has 4 nitrogen and oxygen atoms in total. The lowest BCUT2D eigenvalue weighted by Gasteiger charge is -2.12. The molecule has 0 aliphatic heterocycles. The lowest BCUT2D eigenvalue weighted by molar-refractivity contribution is -0.117. The van der Waals surface area contributed by atoms with Gasteiger partial charge in [0.15, 0.2) is 0 Å². The van der Waals surface area contributed by atoms with E-state index in [1.807, 2.05) is 61.5 Å². The maximum Gasteiger partial charge on any atom is 0.268 e. The van der Waals surface area contributed by atoms with Gasteiger partial charge in [0, 0.05) is 12.1 Å². The Kier molecular flexibility index (Phi) is 7.39. The Morgan fingerprint density at radius 1 is 0.871 bits per heavy atom. The van der Waals surface area contributed by atoms with Crippen LogP contribution in [-0.4, -0.2) is 11.8 Å². The van der Waals surface area contributed by atoms with E-state index >= 15 is 0 Å². The van der Waals surface area contributed by atoms with Gasteiger partial charge in [-0.05, 0) is 47.7 Å². The van der Waals surface area contributed by atoms with E-state index in [4.69, 9.17) is 0 Å². The van der Waals surface area contributed by atoms with Crippen molar-refractivity contribution in [1.82, 2.24) is 10.6 Å². The third kappa shape index (κ3) is 6.41. The minimum Gasteiger partial charge on any atom is -0.347 e. The molecule has 0 fully saturated rings. The van der Waals surface area contributed by atoms with Crippen LogP contribution in [0.25, 0.3) is 6.08 Å². The fourth-order valence-corrected chi connectivity index (χ4v) is 3.07. The summed E-state index contributed by atoms with van der Waals surface area (Å²) in [5.74, 6) is -0.234. The Labute approximate surface area is 184 Å². The van der Waals surface area contributed by atoms with Crippen LogP contribution in [0.2, 0.25) is 0 Å². The lowest BCUT2D eigenvalue weighted by Crippen LogP contribution is -2.34. The van der Waals surface area contributed by atoms with Crippen molar-refractivity contribution in [3.63, 3.8) is 0 Å². The van der Waals surface area contributed by atoms with Crippen LogP contribution < -0.4 is 10.6 Å². The summed E-state index contributed by atoms with van der Waals surface area (Å²) in [5.41, 5.74) is 4.92. The minimum atomic E-state index is -0.335. The fraction of sp³-hybridized carbons (Fsp3) is 0.185. The van der Waals surface area contributed by atoms with Crippen LogP contribution in [0.15, 0.2) is 84.6 Å². The second-order valence-corrected chi connectivity index (χ2v) is 7.87. The average molecular weight is 413 g/mol. The van der Waals surface area contributed by atoms with Gasteiger partial charge in [0.1, 0.15) is 5.70 Å². The summed E-state index contributed by atoms with van der Waals surface area (Å²) in [6, 6.07) is 24.8. The van der Waals surface area contributed by atoms with Crippen LogP contribution in [0.5, 0.6) is 0 Å². The molecule has 3 rings (SSSR count). The Hall–Kier alpha value is -3.66. The molecule has 0 aliphatic carbocycles. The molecule has 2 N–H and O–H groups in total. The van der Waals surface area contributed by atoms with Gasteiger partial charge < -0.3 is 10.6 Å². The molecule has 158 valence electrons. The first-order chi connectivity index (χ1) is 14.9. The van der Waals surface area contributed by atoms with E-state index in [1.165, 1.54) is 5.56 Å². The molecular weight excluding hydrogens is 384 g/mol. The van der Waals surface area contributed by atoms with Gasteiger partial charge in [0.2, 0.25) is 0 Å². The van der Waals surface area contributed by atoms with E-state index in [2.05, 4.69) is 24.5 Å². The number of hydrogen-bond donors (Lipinski definition) is 2. The highest BCUT2D eigenvalue weighted by molar-refractivity contribution is 6.05. The molecule has 0 saturated carbocycles. The van der Waals surface area contributed by atoms with Gasteiger partial charge in [-0.25, -0.2) is 0 Å². The number of benzene rings is 3. The van der Waals surface area contributed by atoms with Crippen LogP contribution >= 0.6 is 0 Å². The van der Waals surface area contributed by atoms with Gasteiger partial charge in [0.05, 0.1) is 0 Å². The SMILES string of the molecule is Cc1ccc(CNC(=O)/C(=C\c2ccc(C(C)C)cc2)NC(=O)c2ccccc2)cc1. The van der Waals surface area contributed by atoms with E-state index in [1.54, 1.807) is 30.3 Å². The molecule has 0 unspecified atom stereocenters. The maximum absolute atomic E-state index is 12.9. The van der Waals surface area contributed by atoms with Crippen molar-refractivity contribution >= 4 is 17.9 Å². The smallest absolute Gasteiger partial charge is 0.268 e. The number of carbonyl (C=O) groups excluding carboxylic acids is 2. The monoisotopic (exact) mass is 412 g/mol. The largest absolute Gasteiger partial charge is 0.347 e. The molecule has 2 amide bonds. The summed E-state index contributed by atoms with van der Waals surface area (Å²) in [7, 11) is 0. The Balaban J connectivity index is 1.80. The topological polar surface area (TPSA) is 58.2 Å². The van der Waals surface area contributed by atoms with Crippen molar-refractivity contribution < 1.29 is 9.59 Å². The van der Waals surface area contributed by atoms with Crippen molar-refractivity contribution in [2.24, 2.45) is 0 Å². The molecular formula is C27H28N2O2. The number of rotatable bonds is 7. The normalized spacial score (nSPS) is 11.3. The predicted molar refractivity (Wildman–Crippen MR) is 125 cm³/mol. The molecule has 0 atom stereocenters. The summed E-state index contributed by atoms with van der Waals surface area (Å²) in [6.45, 7) is 6.67. The molecule has 3 aromatic rings. The van der Waals surface area contributed by atoms with Crippen molar-refractivity contribution in [2.45, 2.75) is 33.2 Å². The predicted octanol–water partition coefficient (Wildman–Crippen LogP) is 5.21. The molecule has 0 spiro atoms. The Morgan fingerprint density at radius 2 is 1.52 bits per heavy atom. The zero-order valence-electron chi connectivity index (χ0n) is 18.2. The maximum atomic E-state index is 12.9. The van der Waals surface area contributed by atoms with Crippen LogP contribution in [0, 0.1) is 6.92 Å². The van der Waals surface area contributed by atoms with E-state index in [9.17, 15) is 9.59 Å². The first kappa shape index (κ1) is 22.0. The van der Waals surface area contributed by atoms with E-state index in [0.29, 0.717) is 18.0 Å². The molecule has 0 bridgehead atoms. The third-order valence-corrected chi connectivity index (χ3v) is 5.02. The highest BCUT2D eigenvalue weighted by Crippen LogP contribution is 2.16. The van der Waals surface area contributed by atoms with Gasteiger partial charge in [-0.15, -0.1) is 0 Å². The standard InChI is InChI=1S/C27H28N2O2/c1-19(2)23-15-13-21(14-16-23)17-25(29-26(30)24-7-5-4-6-8-24)27(31)28-18-22-11-9-20(3)10-12-22/h4-17,19H,18H2,1-3H3,(H,28,31)(H,29,30)/b25-17+. The van der Waals surface area contributed by atoms with E-state index in [-0.39, 0.29) is 17.5 Å². The zero-order valence-corrected chi connectivity index (χ0v) is 18.2. The molecule has 0 aromatic heterocycles. The van der Waals surface area contributed by atoms with Crippen molar-refractivity contribution in [3.8, 4) is 0 Å². The highest BCUT2D eigenvalue weighted by atomic mass is 16.2. The van der Waals surface area contributed by atoms with Gasteiger partial charge >= 0.3 is 0 Å². The van der Waals surface area contributed by atoms with Crippen molar-refractivity contribution in [3.05, 3.63) is 112 Å². The highest BCUT2D eigenvalue weighted by Gasteiger charge is 2.14. The second-order valence-electron chi connectivity index (χ2n) is 7.87. The molecule has 0 saturated heterocycles. The van der Waals surface area contributed by atoms with Crippen molar-refractivity contribution in [1.29, 1.82) is 0 Å². The van der Waals surface area contributed by atoms with E-state index < -0.39 is 0 Å². The molecule has 31 heavy (non-hydrogen) atoms. The summed E-state index contributed by atoms with van der Waals surface area (Å²) in [4.78, 5) is 25.6. The number of amides is 2. The number of hydrogen-bond acceptors (Lipinski definition) is 2. The number of aryl methyl sites for hydroxylation is 1. The molecule has 4 heteroatoms. The molecule has 0 heterocycles. The summed E-state index contributed by atoms with van der Waals surface area (Å²) in [6.07, 6.45) is 1.70. The number of carbonyl (C=O) groups is 2. The average Bonchev–Trinajstić information content (AvgIpc) is 2.79. The number of nitrogens with one attached hydrogen (secondary N) is 2. The lowest BCUT2D eigenvalue weighted by atomic mass is 10.0. The van der Waals surface area contributed by atoms with Crippen LogP contribution in [0.4, 0.5) is 0 Å². The van der Waals surface area contributed by atoms with Crippen molar-refractivity contribution in [2.75, 3.05) is 0 Å². The fourth-order valence-electron chi connectivity index (χ4n) is 3.07. The van der Waals surface area contributed by atoms with E-state index in [0.717, 1.165) is 16.7 Å². The second kappa shape index (κ2) is 10.4. The van der Waals surface area contributed by atoms with Crippen LogP contribution in [0.3, 0.4) is 0 Å². The van der Waals surface area contributed by atoms with Gasteiger partial charge in [0.25, 0.3) is 11.8 Å². The van der Waals surface area contributed by atoms with Crippen LogP contribution in [0.1, 0.15) is 52.4 Å². The first-order valence-corrected chi connectivity index (χ1v) is 10.4. The summed E-state index contributed by atoms with van der Waals surface area (Å²) in [5, 5.41) is 5.68. The van der Waals surface area contributed by atoms with Gasteiger partial charge in [-0.2, -0.15) is 0 Å². The summed E-state index contributed by atoms with van der Waals surface area (Å²) >= 11 is 0. The molecule has 0 radical (unpaired) electrons. The summed E-state index contributed by atoms with van der Waals surface area (Å²) < 4.78 is 0. The third-order valence-electron chi connectivity index (χ3n) is 5.02. The Morgan fingerprint density at radius 3 is 2.13 bits per heavy atom. The quantitative estimate of drug-likeness (QED) is 0.524. The molecule has 3 aromatic carbocycles. The first-order valence-electron chi connectivity index (χ1n) is 10.4.